The smallest absolute Gasteiger partial charge is 0.264 e. The fourth-order valence-corrected chi connectivity index (χ4v) is 4.48. The second-order valence-electron chi connectivity index (χ2n) is 7.35. The van der Waals surface area contributed by atoms with Crippen LogP contribution < -0.4 is 9.47 Å². The maximum absolute atomic E-state index is 13.0. The largest absolute Gasteiger partial charge is 0.497 e. The van der Waals surface area contributed by atoms with Gasteiger partial charge in [-0.1, -0.05) is 11.2 Å². The van der Waals surface area contributed by atoms with Crippen LogP contribution in [-0.4, -0.2) is 43.6 Å². The minimum Gasteiger partial charge on any atom is -0.497 e. The van der Waals surface area contributed by atoms with E-state index in [1.165, 1.54) is 4.31 Å². The summed E-state index contributed by atoms with van der Waals surface area (Å²) in [4.78, 5) is 4.60. The summed E-state index contributed by atoms with van der Waals surface area (Å²) >= 11 is 0. The zero-order valence-electron chi connectivity index (χ0n) is 18.4. The maximum atomic E-state index is 13.0. The summed E-state index contributed by atoms with van der Waals surface area (Å²) in [5, 5.41) is 3.92. The Kier molecular flexibility index (Phi) is 6.97. The average Bonchev–Trinajstić information content (AvgIpc) is 3.21. The van der Waals surface area contributed by atoms with Gasteiger partial charge >= 0.3 is 0 Å². The third kappa shape index (κ3) is 5.42. The molecule has 3 aromatic rings. The first-order valence-electron chi connectivity index (χ1n) is 9.83. The van der Waals surface area contributed by atoms with E-state index in [-0.39, 0.29) is 13.2 Å². The van der Waals surface area contributed by atoms with Gasteiger partial charge in [0.2, 0.25) is 10.0 Å². The third-order valence-corrected chi connectivity index (χ3v) is 7.06. The molecule has 0 aliphatic heterocycles. The Hall–Kier alpha value is -2.91. The molecule has 0 saturated carbocycles. The summed E-state index contributed by atoms with van der Waals surface area (Å²) in [5.74, 6) is 2.13. The number of rotatable bonds is 9. The molecule has 0 aliphatic carbocycles. The molecule has 0 amide bonds. The molecule has 9 heteroatoms. The van der Waals surface area contributed by atoms with E-state index in [9.17, 15) is 8.42 Å². The molecule has 0 atom stereocenters. The van der Waals surface area contributed by atoms with Gasteiger partial charge in [-0.15, -0.1) is 0 Å². The molecule has 2 aromatic carbocycles. The van der Waals surface area contributed by atoms with Crippen molar-refractivity contribution >= 4 is 10.0 Å². The van der Waals surface area contributed by atoms with Gasteiger partial charge in [0.15, 0.2) is 12.4 Å². The molecule has 166 valence electrons. The summed E-state index contributed by atoms with van der Waals surface area (Å²) in [6.07, 6.45) is 0.325. The lowest BCUT2D eigenvalue weighted by atomic mass is 10.1. The van der Waals surface area contributed by atoms with Gasteiger partial charge in [-0.3, -0.25) is 0 Å². The average molecular weight is 446 g/mol. The van der Waals surface area contributed by atoms with E-state index in [4.69, 9.17) is 14.0 Å². The molecule has 1 aromatic heterocycles. The van der Waals surface area contributed by atoms with Crippen LogP contribution in [0.25, 0.3) is 0 Å². The molecule has 0 N–H and O–H groups in total. The van der Waals surface area contributed by atoms with E-state index in [1.807, 2.05) is 19.9 Å². The Bertz CT molecular complexity index is 1140. The molecular formula is C22H27N3O5S. The van der Waals surface area contributed by atoms with Crippen LogP contribution in [0.4, 0.5) is 0 Å². The molecule has 3 rings (SSSR count). The zero-order chi connectivity index (χ0) is 22.6. The Morgan fingerprint density at radius 3 is 2.32 bits per heavy atom. The van der Waals surface area contributed by atoms with Gasteiger partial charge in [0.05, 0.1) is 12.0 Å². The maximum Gasteiger partial charge on any atom is 0.264 e. The van der Waals surface area contributed by atoms with Gasteiger partial charge in [-0.25, -0.2) is 12.7 Å². The lowest BCUT2D eigenvalue weighted by Crippen LogP contribution is -2.30. The molecule has 0 radical (unpaired) electrons. The predicted octanol–water partition coefficient (Wildman–Crippen LogP) is 3.45. The molecule has 0 unspecified atom stereocenters. The summed E-state index contributed by atoms with van der Waals surface area (Å²) in [5.41, 5.74) is 2.74. The van der Waals surface area contributed by atoms with Crippen molar-refractivity contribution in [2.45, 2.75) is 38.7 Å². The number of benzene rings is 2. The normalized spacial score (nSPS) is 11.7. The number of nitrogens with zero attached hydrogens (tertiary/aromatic N) is 3. The lowest BCUT2D eigenvalue weighted by Gasteiger charge is -2.19. The van der Waals surface area contributed by atoms with Gasteiger partial charge in [-0.2, -0.15) is 4.98 Å². The molecule has 0 fully saturated rings. The van der Waals surface area contributed by atoms with Crippen LogP contribution in [0, 0.1) is 20.8 Å². The summed E-state index contributed by atoms with van der Waals surface area (Å²) in [7, 11) is -0.460. The summed E-state index contributed by atoms with van der Waals surface area (Å²) in [6, 6.07) is 10.8. The first-order valence-corrected chi connectivity index (χ1v) is 11.3. The van der Waals surface area contributed by atoms with Gasteiger partial charge in [0, 0.05) is 20.0 Å². The molecule has 8 nitrogen and oxygen atoms in total. The summed E-state index contributed by atoms with van der Waals surface area (Å²) < 4.78 is 43.2. The highest BCUT2D eigenvalue weighted by molar-refractivity contribution is 7.89. The van der Waals surface area contributed by atoms with Crippen LogP contribution in [0.2, 0.25) is 0 Å². The molecule has 31 heavy (non-hydrogen) atoms. The van der Waals surface area contributed by atoms with E-state index in [1.54, 1.807) is 51.4 Å². The molecular weight excluding hydrogens is 418 g/mol. The van der Waals surface area contributed by atoms with Crippen LogP contribution >= 0.6 is 0 Å². The van der Waals surface area contributed by atoms with Crippen LogP contribution in [0.5, 0.6) is 11.5 Å². The van der Waals surface area contributed by atoms with E-state index in [0.717, 1.165) is 22.4 Å². The second-order valence-corrected chi connectivity index (χ2v) is 9.36. The second kappa shape index (κ2) is 9.49. The molecule has 0 saturated heterocycles. The Labute approximate surface area is 182 Å². The highest BCUT2D eigenvalue weighted by atomic mass is 32.2. The SMILES string of the molecule is COc1ccc(OCc2nc(CCN(C)S(=O)(=O)c3cc(C)c(C)cc3C)no2)cc1. The van der Waals surface area contributed by atoms with Crippen molar-refractivity contribution in [2.75, 3.05) is 20.7 Å². The number of sulfonamides is 1. The molecule has 0 spiro atoms. The highest BCUT2D eigenvalue weighted by Gasteiger charge is 2.24. The van der Waals surface area contributed by atoms with Crippen molar-refractivity contribution in [3.8, 4) is 11.5 Å². The standard InChI is InChI=1S/C22H27N3O5S/c1-15-12-17(3)20(13-16(15)2)31(26,27)25(4)11-10-21-23-22(30-24-21)14-29-19-8-6-18(28-5)7-9-19/h6-9,12-13H,10-11,14H2,1-5H3. The summed E-state index contributed by atoms with van der Waals surface area (Å²) in [6.45, 7) is 6.03. The van der Waals surface area contributed by atoms with Gasteiger partial charge in [0.1, 0.15) is 11.5 Å². The quantitative estimate of drug-likeness (QED) is 0.498. The van der Waals surface area contributed by atoms with Gasteiger partial charge in [0.25, 0.3) is 5.89 Å². The van der Waals surface area contributed by atoms with Crippen molar-refractivity contribution in [2.24, 2.45) is 0 Å². The van der Waals surface area contributed by atoms with Crippen LogP contribution in [-0.2, 0) is 23.1 Å². The van der Waals surface area contributed by atoms with Crippen LogP contribution in [0.15, 0.2) is 45.8 Å². The Morgan fingerprint density at radius 2 is 1.65 bits per heavy atom. The zero-order valence-corrected chi connectivity index (χ0v) is 19.2. The number of aryl methyl sites for hydroxylation is 3. The van der Waals surface area contributed by atoms with E-state index in [0.29, 0.717) is 28.8 Å². The van der Waals surface area contributed by atoms with E-state index in [2.05, 4.69) is 10.1 Å². The van der Waals surface area contributed by atoms with Crippen molar-refractivity contribution in [1.29, 1.82) is 0 Å². The lowest BCUT2D eigenvalue weighted by molar-refractivity contribution is 0.242. The monoisotopic (exact) mass is 445 g/mol. The minimum atomic E-state index is -3.61. The number of likely N-dealkylation sites (N-methyl/N-ethyl adjacent to an activating group) is 1. The first kappa shape index (κ1) is 22.8. The fourth-order valence-electron chi connectivity index (χ4n) is 3.02. The third-order valence-electron chi connectivity index (χ3n) is 5.06. The van der Waals surface area contributed by atoms with Gasteiger partial charge < -0.3 is 14.0 Å². The number of hydrogen-bond donors (Lipinski definition) is 0. The fraction of sp³-hybridized carbons (Fsp3) is 0.364. The minimum absolute atomic E-state index is 0.120. The van der Waals surface area contributed by atoms with Crippen molar-refractivity contribution in [1.82, 2.24) is 14.4 Å². The first-order chi connectivity index (χ1) is 14.7. The van der Waals surface area contributed by atoms with E-state index >= 15 is 0 Å². The van der Waals surface area contributed by atoms with E-state index < -0.39 is 10.0 Å². The number of ether oxygens (including phenoxy) is 2. The van der Waals surface area contributed by atoms with Crippen molar-refractivity contribution in [3.05, 3.63) is 64.8 Å². The topological polar surface area (TPSA) is 94.8 Å². The number of hydrogen-bond acceptors (Lipinski definition) is 7. The van der Waals surface area contributed by atoms with Gasteiger partial charge in [-0.05, 0) is 67.8 Å². The van der Waals surface area contributed by atoms with Crippen molar-refractivity contribution in [3.63, 3.8) is 0 Å². The van der Waals surface area contributed by atoms with Crippen molar-refractivity contribution < 1.29 is 22.4 Å². The Balaban J connectivity index is 1.58. The number of methoxy groups -OCH3 is 1. The molecule has 1 heterocycles. The number of aromatic nitrogens is 2. The predicted molar refractivity (Wildman–Crippen MR) is 116 cm³/mol. The molecule has 0 aliphatic rings. The Morgan fingerprint density at radius 1 is 1.00 bits per heavy atom. The highest BCUT2D eigenvalue weighted by Crippen LogP contribution is 2.23. The van der Waals surface area contributed by atoms with Crippen LogP contribution in [0.3, 0.4) is 0 Å². The van der Waals surface area contributed by atoms with Crippen LogP contribution in [0.1, 0.15) is 28.4 Å². The molecule has 0 bridgehead atoms.